The normalized spacial score (nSPS) is 12.1. The average Bonchev–Trinajstić information content (AvgIpc) is 2.24. The van der Waals surface area contributed by atoms with E-state index in [2.05, 4.69) is 15.9 Å². The Morgan fingerprint density at radius 3 is 2.32 bits per heavy atom. The largest absolute Gasteiger partial charge is 0.472 e. The number of rotatable bonds is 3. The smallest absolute Gasteiger partial charge is 0.297 e. The van der Waals surface area contributed by atoms with Gasteiger partial charge in [-0.25, -0.2) is 8.42 Å². The fourth-order valence-corrected chi connectivity index (χ4v) is 2.35. The van der Waals surface area contributed by atoms with Gasteiger partial charge in [0.25, 0.3) is 9.05 Å². The third-order valence-electron chi connectivity index (χ3n) is 1.79. The van der Waals surface area contributed by atoms with Gasteiger partial charge in [0, 0.05) is 15.2 Å². The summed E-state index contributed by atoms with van der Waals surface area (Å²) >= 11 is 2.92. The minimum Gasteiger partial charge on any atom is -0.297 e. The quantitative estimate of drug-likeness (QED) is 0.623. The minimum absolute atomic E-state index is 0.0293. The van der Waals surface area contributed by atoms with Crippen LogP contribution in [0.5, 0.6) is 0 Å². The van der Waals surface area contributed by atoms with Crippen molar-refractivity contribution in [2.24, 2.45) is 0 Å². The Morgan fingerprint density at radius 2 is 1.89 bits per heavy atom. The molecule has 0 heterocycles. The molecule has 2 N–H and O–H groups in total. The van der Waals surface area contributed by atoms with Gasteiger partial charge in [0.2, 0.25) is 0 Å². The fourth-order valence-electron chi connectivity index (χ4n) is 0.944. The SMILES string of the molecule is O=C(NNc1ccc(S(=O)(=O)Cl)cc1Br)C(F)(F)F. The Labute approximate surface area is 118 Å². The van der Waals surface area contributed by atoms with Crippen LogP contribution >= 0.6 is 26.6 Å². The van der Waals surface area contributed by atoms with Crippen molar-refractivity contribution in [2.75, 3.05) is 5.43 Å². The molecule has 106 valence electrons. The second kappa shape index (κ2) is 5.55. The van der Waals surface area contributed by atoms with Gasteiger partial charge < -0.3 is 0 Å². The molecule has 0 aliphatic carbocycles. The van der Waals surface area contributed by atoms with E-state index in [4.69, 9.17) is 10.7 Å². The van der Waals surface area contributed by atoms with Crippen LogP contribution in [0.1, 0.15) is 0 Å². The van der Waals surface area contributed by atoms with Crippen molar-refractivity contribution in [3.63, 3.8) is 0 Å². The van der Waals surface area contributed by atoms with Crippen LogP contribution in [0.2, 0.25) is 0 Å². The first-order valence-electron chi connectivity index (χ1n) is 4.39. The summed E-state index contributed by atoms with van der Waals surface area (Å²) < 4.78 is 57.8. The van der Waals surface area contributed by atoms with Crippen molar-refractivity contribution in [1.82, 2.24) is 5.43 Å². The zero-order chi connectivity index (χ0) is 14.8. The van der Waals surface area contributed by atoms with Gasteiger partial charge >= 0.3 is 12.1 Å². The standard InChI is InChI=1S/C8H5BrClF3N2O3S/c9-5-3-4(19(10,17)18)1-2-6(5)14-15-7(16)8(11,12)13/h1-3,14H,(H,15,16). The highest BCUT2D eigenvalue weighted by molar-refractivity contribution is 9.10. The van der Waals surface area contributed by atoms with Gasteiger partial charge in [0.15, 0.2) is 0 Å². The predicted molar refractivity (Wildman–Crippen MR) is 65.0 cm³/mol. The van der Waals surface area contributed by atoms with Gasteiger partial charge in [-0.3, -0.25) is 15.6 Å². The molecule has 1 amide bonds. The number of anilines is 1. The molecule has 0 unspecified atom stereocenters. The molecule has 0 atom stereocenters. The number of carbonyl (C=O) groups is 1. The number of benzene rings is 1. The molecular formula is C8H5BrClF3N2O3S. The van der Waals surface area contributed by atoms with E-state index in [0.717, 1.165) is 18.2 Å². The van der Waals surface area contributed by atoms with Gasteiger partial charge in [0.05, 0.1) is 10.6 Å². The zero-order valence-corrected chi connectivity index (χ0v) is 11.9. The number of carbonyl (C=O) groups excluding carboxylic acids is 1. The lowest BCUT2D eigenvalue weighted by Gasteiger charge is -2.12. The number of hydrogen-bond acceptors (Lipinski definition) is 4. The summed E-state index contributed by atoms with van der Waals surface area (Å²) in [6, 6.07) is 3.27. The maximum absolute atomic E-state index is 11.9. The molecule has 0 bridgehead atoms. The number of nitrogens with one attached hydrogen (secondary N) is 2. The Kier molecular flexibility index (Phi) is 4.69. The topological polar surface area (TPSA) is 75.3 Å². The molecule has 0 saturated carbocycles. The maximum Gasteiger partial charge on any atom is 0.472 e. The first-order valence-corrected chi connectivity index (χ1v) is 7.49. The average molecular weight is 382 g/mol. The first kappa shape index (κ1) is 16.1. The maximum atomic E-state index is 11.9. The molecule has 0 radical (unpaired) electrons. The number of halogens is 5. The van der Waals surface area contributed by atoms with Crippen LogP contribution in [0.25, 0.3) is 0 Å². The molecule has 11 heteroatoms. The van der Waals surface area contributed by atoms with Crippen molar-refractivity contribution in [1.29, 1.82) is 0 Å². The third kappa shape index (κ3) is 4.55. The van der Waals surface area contributed by atoms with Crippen LogP contribution in [0.4, 0.5) is 18.9 Å². The van der Waals surface area contributed by atoms with Crippen LogP contribution in [0, 0.1) is 0 Å². The summed E-state index contributed by atoms with van der Waals surface area (Å²) in [4.78, 5) is 10.3. The minimum atomic E-state index is -5.03. The summed E-state index contributed by atoms with van der Waals surface area (Å²) in [5.41, 5.74) is 3.43. The Balaban J connectivity index is 2.85. The number of alkyl halides is 3. The summed E-state index contributed by atoms with van der Waals surface area (Å²) in [6.45, 7) is 0. The van der Waals surface area contributed by atoms with Crippen LogP contribution in [-0.4, -0.2) is 20.5 Å². The van der Waals surface area contributed by atoms with Gasteiger partial charge in [-0.15, -0.1) is 0 Å². The number of amides is 1. The summed E-state index contributed by atoms with van der Waals surface area (Å²) in [6.07, 6.45) is -5.03. The molecule has 5 nitrogen and oxygen atoms in total. The highest BCUT2D eigenvalue weighted by Gasteiger charge is 2.38. The predicted octanol–water partition coefficient (Wildman–Crippen LogP) is 2.38. The van der Waals surface area contributed by atoms with E-state index in [9.17, 15) is 26.4 Å². The second-order valence-corrected chi connectivity index (χ2v) is 6.58. The van der Waals surface area contributed by atoms with Crippen LogP contribution in [0.3, 0.4) is 0 Å². The van der Waals surface area contributed by atoms with Crippen molar-refractivity contribution in [2.45, 2.75) is 11.1 Å². The monoisotopic (exact) mass is 380 g/mol. The van der Waals surface area contributed by atoms with Crippen molar-refractivity contribution in [3.05, 3.63) is 22.7 Å². The number of hydrogen-bond donors (Lipinski definition) is 2. The molecule has 1 aromatic carbocycles. The van der Waals surface area contributed by atoms with Gasteiger partial charge in [-0.05, 0) is 34.1 Å². The van der Waals surface area contributed by atoms with Crippen molar-refractivity contribution in [3.8, 4) is 0 Å². The lowest BCUT2D eigenvalue weighted by molar-refractivity contribution is -0.173. The van der Waals surface area contributed by atoms with E-state index in [1.54, 1.807) is 0 Å². The van der Waals surface area contributed by atoms with Gasteiger partial charge in [-0.2, -0.15) is 13.2 Å². The Hall–Kier alpha value is -1.00. The molecule has 1 aromatic rings. The fraction of sp³-hybridized carbons (Fsp3) is 0.125. The highest BCUT2D eigenvalue weighted by atomic mass is 79.9. The molecule has 0 spiro atoms. The van der Waals surface area contributed by atoms with Crippen LogP contribution in [0.15, 0.2) is 27.6 Å². The molecule has 1 rings (SSSR count). The van der Waals surface area contributed by atoms with Crippen LogP contribution in [-0.2, 0) is 13.8 Å². The molecular weight excluding hydrogens is 377 g/mol. The first-order chi connectivity index (χ1) is 8.51. The van der Waals surface area contributed by atoms with E-state index in [1.807, 2.05) is 5.43 Å². The number of hydrazine groups is 1. The van der Waals surface area contributed by atoms with Gasteiger partial charge in [-0.1, -0.05) is 0 Å². The summed E-state index contributed by atoms with van der Waals surface area (Å²) in [5, 5.41) is 0. The molecule has 0 aromatic heterocycles. The van der Waals surface area contributed by atoms with E-state index in [0.29, 0.717) is 0 Å². The second-order valence-electron chi connectivity index (χ2n) is 3.16. The molecule has 0 aliphatic heterocycles. The lowest BCUT2D eigenvalue weighted by Crippen LogP contribution is -2.40. The summed E-state index contributed by atoms with van der Waals surface area (Å²) in [5.74, 6) is -2.19. The van der Waals surface area contributed by atoms with Gasteiger partial charge in [0.1, 0.15) is 0 Å². The van der Waals surface area contributed by atoms with E-state index in [-0.39, 0.29) is 15.1 Å². The Bertz CT molecular complexity index is 606. The molecule has 0 aliphatic rings. The highest BCUT2D eigenvalue weighted by Crippen LogP contribution is 2.27. The zero-order valence-electron chi connectivity index (χ0n) is 8.75. The van der Waals surface area contributed by atoms with E-state index < -0.39 is 21.1 Å². The van der Waals surface area contributed by atoms with Crippen LogP contribution < -0.4 is 10.9 Å². The molecule has 19 heavy (non-hydrogen) atoms. The van der Waals surface area contributed by atoms with Crippen molar-refractivity contribution < 1.29 is 26.4 Å². The van der Waals surface area contributed by atoms with Crippen molar-refractivity contribution >= 4 is 47.3 Å². The lowest BCUT2D eigenvalue weighted by atomic mass is 10.3. The van der Waals surface area contributed by atoms with E-state index >= 15 is 0 Å². The summed E-state index contributed by atoms with van der Waals surface area (Å²) in [7, 11) is 1.13. The third-order valence-corrected chi connectivity index (χ3v) is 3.80. The molecule has 0 fully saturated rings. The van der Waals surface area contributed by atoms with E-state index in [1.165, 1.54) is 5.43 Å². The molecule has 0 saturated heterocycles. The Morgan fingerprint density at radius 1 is 1.32 bits per heavy atom.